The van der Waals surface area contributed by atoms with Gasteiger partial charge in [-0.05, 0) is 23.8 Å². The monoisotopic (exact) mass is 442 g/mol. The van der Waals surface area contributed by atoms with Gasteiger partial charge in [0.05, 0.1) is 19.8 Å². The minimum absolute atomic E-state index is 0.121. The maximum atomic E-state index is 13.4. The topological polar surface area (TPSA) is 113 Å². The number of benzene rings is 1. The molecule has 0 bridgehead atoms. The van der Waals surface area contributed by atoms with Gasteiger partial charge in [-0.3, -0.25) is 9.59 Å². The molecule has 3 N–H and O–H groups in total. The van der Waals surface area contributed by atoms with E-state index in [2.05, 4.69) is 0 Å². The predicted molar refractivity (Wildman–Crippen MR) is 103 cm³/mol. The van der Waals surface area contributed by atoms with Gasteiger partial charge in [0.2, 0.25) is 0 Å². The van der Waals surface area contributed by atoms with Gasteiger partial charge in [-0.1, -0.05) is 12.1 Å². The van der Waals surface area contributed by atoms with E-state index in [0.29, 0.717) is 25.6 Å². The van der Waals surface area contributed by atoms with Crippen molar-refractivity contribution in [1.29, 1.82) is 0 Å². The van der Waals surface area contributed by atoms with Gasteiger partial charge < -0.3 is 29.7 Å². The van der Waals surface area contributed by atoms with Crippen molar-refractivity contribution in [3.05, 3.63) is 51.9 Å². The number of halogens is 3. The number of nitrogens with one attached hydrogen (secondary N) is 1. The van der Waals surface area contributed by atoms with E-state index in [0.717, 1.165) is 6.07 Å². The van der Waals surface area contributed by atoms with Gasteiger partial charge in [0.1, 0.15) is 35.8 Å². The molecule has 2 atom stereocenters. The largest absolute Gasteiger partial charge is 0.491 e. The number of alkyl halides is 3. The number of nitrogens with two attached hydrogens (primary N) is 1. The number of carbonyl (C=O) groups is 1. The smallest absolute Gasteiger partial charge is 0.431 e. The molecule has 0 unspecified atom stereocenters. The van der Waals surface area contributed by atoms with Crippen molar-refractivity contribution in [3.63, 3.8) is 0 Å². The summed E-state index contributed by atoms with van der Waals surface area (Å²) >= 11 is 0. The summed E-state index contributed by atoms with van der Waals surface area (Å²) in [6.45, 7) is 1.34. The number of aromatic nitrogens is 1. The number of primary amides is 1. The molecule has 1 aliphatic heterocycles. The lowest BCUT2D eigenvalue weighted by Crippen LogP contribution is -2.41. The average Bonchev–Trinajstić information content (AvgIpc) is 2.72. The highest BCUT2D eigenvalue weighted by molar-refractivity contribution is 5.93. The van der Waals surface area contributed by atoms with Gasteiger partial charge >= 0.3 is 6.18 Å². The van der Waals surface area contributed by atoms with Gasteiger partial charge in [-0.2, -0.15) is 13.2 Å². The van der Waals surface area contributed by atoms with Crippen LogP contribution in [-0.2, 0) is 20.4 Å². The Labute approximate surface area is 175 Å². The standard InChI is InChI=1S/C20H21F3N2O6/c1-28-7-13-8-29-9-14(31-13)10-30-12-4-2-11(3-5-12)15-6-16(18(24)26)19(27)25-17(15)20(21,22)23/h2-6,13-14H,7-10H2,1H3,(H2,24,26)(H,25,27)/t13-,14-/m0/s1. The van der Waals surface area contributed by atoms with Gasteiger partial charge in [0.25, 0.3) is 11.5 Å². The van der Waals surface area contributed by atoms with Crippen LogP contribution < -0.4 is 16.0 Å². The second-order valence-corrected chi connectivity index (χ2v) is 6.87. The van der Waals surface area contributed by atoms with Crippen LogP contribution in [0.4, 0.5) is 13.2 Å². The lowest BCUT2D eigenvalue weighted by atomic mass is 10.0. The zero-order valence-electron chi connectivity index (χ0n) is 16.5. The lowest BCUT2D eigenvalue weighted by molar-refractivity contribution is -0.162. The second kappa shape index (κ2) is 9.50. The maximum Gasteiger partial charge on any atom is 0.431 e. The molecule has 0 spiro atoms. The Morgan fingerprint density at radius 2 is 1.84 bits per heavy atom. The number of carbonyl (C=O) groups excluding carboxylic acids is 1. The number of rotatable bonds is 7. The molecule has 1 aromatic heterocycles. The first-order valence-corrected chi connectivity index (χ1v) is 9.28. The third-order valence-corrected chi connectivity index (χ3v) is 4.54. The van der Waals surface area contributed by atoms with Crippen molar-refractivity contribution in [1.82, 2.24) is 4.98 Å². The zero-order chi connectivity index (χ0) is 22.6. The number of methoxy groups -OCH3 is 1. The molecule has 3 rings (SSSR count). The summed E-state index contributed by atoms with van der Waals surface area (Å²) in [5.41, 5.74) is 1.80. The SMILES string of the molecule is COC[C@H]1COC[C@@H](COc2ccc(-c3cc(C(N)=O)c(=O)[nH]c3C(F)(F)F)cc2)O1. The zero-order valence-corrected chi connectivity index (χ0v) is 16.5. The van der Waals surface area contributed by atoms with Crippen molar-refractivity contribution in [2.45, 2.75) is 18.4 Å². The Bertz CT molecular complexity index is 972. The predicted octanol–water partition coefficient (Wildman–Crippen LogP) is 1.97. The van der Waals surface area contributed by atoms with E-state index in [1.54, 1.807) is 12.1 Å². The summed E-state index contributed by atoms with van der Waals surface area (Å²) in [4.78, 5) is 24.9. The number of ether oxygens (including phenoxy) is 4. The fourth-order valence-electron chi connectivity index (χ4n) is 3.13. The molecule has 11 heteroatoms. The number of hydrogen-bond donors (Lipinski definition) is 2. The number of hydrogen-bond acceptors (Lipinski definition) is 6. The van der Waals surface area contributed by atoms with E-state index in [1.165, 1.54) is 24.3 Å². The van der Waals surface area contributed by atoms with Crippen LogP contribution in [0.2, 0.25) is 0 Å². The molecule has 31 heavy (non-hydrogen) atoms. The Morgan fingerprint density at radius 1 is 1.19 bits per heavy atom. The van der Waals surface area contributed by atoms with Crippen LogP contribution >= 0.6 is 0 Å². The summed E-state index contributed by atoms with van der Waals surface area (Å²) < 4.78 is 62.1. The number of aromatic amines is 1. The fourth-order valence-corrected chi connectivity index (χ4v) is 3.13. The van der Waals surface area contributed by atoms with Crippen molar-refractivity contribution in [3.8, 4) is 16.9 Å². The quantitative estimate of drug-likeness (QED) is 0.678. The molecular weight excluding hydrogens is 421 g/mol. The molecule has 1 fully saturated rings. The van der Waals surface area contributed by atoms with E-state index in [4.69, 9.17) is 24.7 Å². The minimum atomic E-state index is -4.84. The first-order valence-electron chi connectivity index (χ1n) is 9.28. The van der Waals surface area contributed by atoms with Crippen molar-refractivity contribution in [2.75, 3.05) is 33.5 Å². The normalized spacial score (nSPS) is 19.2. The molecule has 2 aromatic rings. The molecule has 1 aliphatic rings. The molecule has 0 radical (unpaired) electrons. The molecule has 0 aliphatic carbocycles. The van der Waals surface area contributed by atoms with Gasteiger partial charge in [0.15, 0.2) is 0 Å². The molecular formula is C20H21F3N2O6. The van der Waals surface area contributed by atoms with E-state index in [1.807, 2.05) is 0 Å². The highest BCUT2D eigenvalue weighted by atomic mass is 19.4. The highest BCUT2D eigenvalue weighted by Gasteiger charge is 2.36. The van der Waals surface area contributed by atoms with E-state index < -0.39 is 28.9 Å². The van der Waals surface area contributed by atoms with E-state index in [9.17, 15) is 22.8 Å². The Hall–Kier alpha value is -2.89. The fraction of sp³-hybridized carbons (Fsp3) is 0.400. The maximum absolute atomic E-state index is 13.4. The molecule has 168 valence electrons. The Morgan fingerprint density at radius 3 is 2.42 bits per heavy atom. The molecule has 8 nitrogen and oxygen atoms in total. The first-order chi connectivity index (χ1) is 14.7. The van der Waals surface area contributed by atoms with E-state index >= 15 is 0 Å². The van der Waals surface area contributed by atoms with Gasteiger partial charge in [-0.25, -0.2) is 0 Å². The summed E-state index contributed by atoms with van der Waals surface area (Å²) in [6.07, 6.45) is -5.35. The average molecular weight is 442 g/mol. The number of pyridine rings is 1. The molecule has 2 heterocycles. The summed E-state index contributed by atoms with van der Waals surface area (Å²) in [5.74, 6) is -0.730. The lowest BCUT2D eigenvalue weighted by Gasteiger charge is -2.29. The second-order valence-electron chi connectivity index (χ2n) is 6.87. The van der Waals surface area contributed by atoms with Crippen molar-refractivity contribution >= 4 is 5.91 Å². The molecule has 1 amide bonds. The minimum Gasteiger partial charge on any atom is -0.491 e. The third-order valence-electron chi connectivity index (χ3n) is 4.54. The Kier molecular flexibility index (Phi) is 6.98. The summed E-state index contributed by atoms with van der Waals surface area (Å²) in [5, 5.41) is 0. The van der Waals surface area contributed by atoms with Gasteiger partial charge in [-0.15, -0.1) is 0 Å². The molecule has 0 saturated carbocycles. The number of amides is 1. The first kappa shape index (κ1) is 22.8. The Balaban J connectivity index is 1.77. The van der Waals surface area contributed by atoms with Crippen LogP contribution in [0.5, 0.6) is 5.75 Å². The third kappa shape index (κ3) is 5.63. The van der Waals surface area contributed by atoms with Crippen LogP contribution in [0.3, 0.4) is 0 Å². The summed E-state index contributed by atoms with van der Waals surface area (Å²) in [7, 11) is 1.56. The van der Waals surface area contributed by atoms with Crippen molar-refractivity contribution < 1.29 is 36.9 Å². The van der Waals surface area contributed by atoms with Crippen LogP contribution in [0.15, 0.2) is 35.1 Å². The van der Waals surface area contributed by atoms with E-state index in [-0.39, 0.29) is 29.9 Å². The van der Waals surface area contributed by atoms with Crippen LogP contribution in [0, 0.1) is 0 Å². The molecule has 1 aromatic carbocycles. The molecule has 1 saturated heterocycles. The highest BCUT2D eigenvalue weighted by Crippen LogP contribution is 2.35. The van der Waals surface area contributed by atoms with Gasteiger partial charge in [0, 0.05) is 12.7 Å². The summed E-state index contributed by atoms with van der Waals surface area (Å²) in [6, 6.07) is 6.55. The van der Waals surface area contributed by atoms with Crippen LogP contribution in [0.25, 0.3) is 11.1 Å². The van der Waals surface area contributed by atoms with Crippen LogP contribution in [-0.4, -0.2) is 56.6 Å². The van der Waals surface area contributed by atoms with Crippen molar-refractivity contribution in [2.24, 2.45) is 5.73 Å². The van der Waals surface area contributed by atoms with Crippen LogP contribution in [0.1, 0.15) is 16.1 Å². The number of H-pyrrole nitrogens is 1.